The highest BCUT2D eigenvalue weighted by Gasteiger charge is 2.44. The van der Waals surface area contributed by atoms with Gasteiger partial charge in [-0.3, -0.25) is 29.1 Å². The van der Waals surface area contributed by atoms with Gasteiger partial charge in [0.15, 0.2) is 0 Å². The molecule has 1 N–H and O–H groups in total. The molecule has 4 rings (SSSR count). The number of rotatable bonds is 8. The molecule has 3 heterocycles. The van der Waals surface area contributed by atoms with Crippen LogP contribution < -0.4 is 5.32 Å². The fraction of sp³-hybridized carbons (Fsp3) is 0.579. The van der Waals surface area contributed by atoms with Gasteiger partial charge >= 0.3 is 17.8 Å². The second-order valence-corrected chi connectivity index (χ2v) is 8.71. The molecule has 29 heavy (non-hydrogen) atoms. The van der Waals surface area contributed by atoms with Crippen molar-refractivity contribution in [2.75, 3.05) is 45.9 Å². The average Bonchev–Trinajstić information content (AvgIpc) is 3.31. The number of hydrogen-bond acceptors (Lipinski definition) is 7. The van der Waals surface area contributed by atoms with Gasteiger partial charge in [0.25, 0.3) is 0 Å². The number of thiophene rings is 1. The molecule has 1 aromatic heterocycles. The predicted molar refractivity (Wildman–Crippen MR) is 106 cm³/mol. The van der Waals surface area contributed by atoms with Crippen LogP contribution in [0.15, 0.2) is 17.5 Å². The lowest BCUT2D eigenvalue weighted by atomic mass is 10.3. The van der Waals surface area contributed by atoms with E-state index in [-0.39, 0.29) is 19.1 Å². The van der Waals surface area contributed by atoms with Gasteiger partial charge < -0.3 is 5.32 Å². The average molecular weight is 420 g/mol. The topological polar surface area (TPSA) is 93.3 Å². The second-order valence-electron chi connectivity index (χ2n) is 7.68. The Balaban J connectivity index is 1.24. The van der Waals surface area contributed by atoms with E-state index in [4.69, 9.17) is 0 Å². The maximum Gasteiger partial charge on any atom is 0.335 e. The van der Waals surface area contributed by atoms with Crippen molar-refractivity contribution in [2.24, 2.45) is 0 Å². The molecule has 1 aromatic rings. The van der Waals surface area contributed by atoms with Crippen LogP contribution in [0.4, 0.5) is 4.79 Å². The Hall–Kier alpha value is -2.30. The van der Waals surface area contributed by atoms with Gasteiger partial charge in [-0.15, -0.1) is 11.3 Å². The highest BCUT2D eigenvalue weighted by atomic mass is 32.1. The SMILES string of the molecule is O=C(CN1CCN(CN2C(=O)C(=O)N(CCc3cccs3)C2=O)CC1)NC1CC1. The lowest BCUT2D eigenvalue weighted by molar-refractivity contribution is -0.144. The van der Waals surface area contributed by atoms with Crippen molar-refractivity contribution >= 4 is 35.1 Å². The molecule has 9 nitrogen and oxygen atoms in total. The van der Waals surface area contributed by atoms with E-state index in [0.717, 1.165) is 27.5 Å². The summed E-state index contributed by atoms with van der Waals surface area (Å²) in [5, 5.41) is 4.92. The molecular weight excluding hydrogens is 394 g/mol. The Bertz CT molecular complexity index is 787. The fourth-order valence-corrected chi connectivity index (χ4v) is 4.24. The Morgan fingerprint density at radius 1 is 1.03 bits per heavy atom. The molecule has 0 aromatic carbocycles. The molecule has 2 aliphatic heterocycles. The number of amides is 5. The van der Waals surface area contributed by atoms with Gasteiger partial charge in [-0.25, -0.2) is 9.69 Å². The Labute approximate surface area is 173 Å². The molecule has 0 atom stereocenters. The van der Waals surface area contributed by atoms with Crippen LogP contribution in [0.1, 0.15) is 17.7 Å². The van der Waals surface area contributed by atoms with E-state index >= 15 is 0 Å². The zero-order chi connectivity index (χ0) is 20.4. The monoisotopic (exact) mass is 419 g/mol. The third-order valence-corrected chi connectivity index (χ3v) is 6.35. The van der Waals surface area contributed by atoms with E-state index in [2.05, 4.69) is 10.2 Å². The first-order valence-electron chi connectivity index (χ1n) is 9.95. The highest BCUT2D eigenvalue weighted by Crippen LogP contribution is 2.19. The number of nitrogens with zero attached hydrogens (tertiary/aromatic N) is 4. The number of hydrogen-bond donors (Lipinski definition) is 1. The van der Waals surface area contributed by atoms with Gasteiger partial charge in [0.2, 0.25) is 5.91 Å². The summed E-state index contributed by atoms with van der Waals surface area (Å²) in [4.78, 5) is 56.3. The summed E-state index contributed by atoms with van der Waals surface area (Å²) in [6, 6.07) is 3.68. The van der Waals surface area contributed by atoms with Crippen molar-refractivity contribution in [1.82, 2.24) is 24.9 Å². The number of imide groups is 2. The van der Waals surface area contributed by atoms with E-state index in [1.165, 1.54) is 0 Å². The van der Waals surface area contributed by atoms with Crippen molar-refractivity contribution in [3.05, 3.63) is 22.4 Å². The molecular formula is C19H25N5O4S. The van der Waals surface area contributed by atoms with Crippen LogP contribution in [0.2, 0.25) is 0 Å². The minimum absolute atomic E-state index is 0.0535. The minimum atomic E-state index is -0.757. The first kappa shape index (κ1) is 20.0. The molecule has 0 bridgehead atoms. The summed E-state index contributed by atoms with van der Waals surface area (Å²) in [5.41, 5.74) is 0. The quantitative estimate of drug-likeness (QED) is 0.469. The lowest BCUT2D eigenvalue weighted by Gasteiger charge is -2.35. The summed E-state index contributed by atoms with van der Waals surface area (Å²) in [6.07, 6.45) is 2.69. The van der Waals surface area contributed by atoms with Crippen LogP contribution in [0.5, 0.6) is 0 Å². The molecule has 156 valence electrons. The van der Waals surface area contributed by atoms with E-state index in [9.17, 15) is 19.2 Å². The zero-order valence-electron chi connectivity index (χ0n) is 16.2. The van der Waals surface area contributed by atoms with Crippen molar-refractivity contribution in [3.8, 4) is 0 Å². The Morgan fingerprint density at radius 3 is 2.38 bits per heavy atom. The molecule has 0 radical (unpaired) electrons. The molecule has 10 heteroatoms. The van der Waals surface area contributed by atoms with Crippen LogP contribution in [0.25, 0.3) is 0 Å². The largest absolute Gasteiger partial charge is 0.352 e. The number of nitrogens with one attached hydrogen (secondary N) is 1. The summed E-state index contributed by atoms with van der Waals surface area (Å²) in [6.45, 7) is 3.34. The minimum Gasteiger partial charge on any atom is -0.352 e. The molecule has 3 aliphatic rings. The third-order valence-electron chi connectivity index (χ3n) is 5.41. The van der Waals surface area contributed by atoms with Crippen molar-refractivity contribution in [3.63, 3.8) is 0 Å². The van der Waals surface area contributed by atoms with E-state index in [1.807, 2.05) is 22.4 Å². The molecule has 0 spiro atoms. The predicted octanol–water partition coefficient (Wildman–Crippen LogP) is -0.0649. The van der Waals surface area contributed by atoms with Gasteiger partial charge in [0, 0.05) is 50.1 Å². The van der Waals surface area contributed by atoms with Crippen molar-refractivity contribution in [2.45, 2.75) is 25.3 Å². The molecule has 0 unspecified atom stereocenters. The third kappa shape index (κ3) is 4.82. The molecule has 5 amide bonds. The second kappa shape index (κ2) is 8.60. The van der Waals surface area contributed by atoms with Gasteiger partial charge in [0.05, 0.1) is 13.2 Å². The van der Waals surface area contributed by atoms with E-state index in [1.54, 1.807) is 11.3 Å². The maximum absolute atomic E-state index is 12.6. The van der Waals surface area contributed by atoms with Gasteiger partial charge in [-0.1, -0.05) is 6.07 Å². The van der Waals surface area contributed by atoms with Crippen LogP contribution in [-0.2, 0) is 20.8 Å². The lowest BCUT2D eigenvalue weighted by Crippen LogP contribution is -2.53. The van der Waals surface area contributed by atoms with Crippen LogP contribution in [-0.4, -0.2) is 95.3 Å². The molecule has 1 saturated carbocycles. The van der Waals surface area contributed by atoms with Gasteiger partial charge in [0.1, 0.15) is 0 Å². The smallest absolute Gasteiger partial charge is 0.335 e. The van der Waals surface area contributed by atoms with E-state index < -0.39 is 17.8 Å². The Kier molecular flexibility index (Phi) is 5.93. The van der Waals surface area contributed by atoms with Crippen LogP contribution >= 0.6 is 11.3 Å². The number of piperazine rings is 1. The van der Waals surface area contributed by atoms with Gasteiger partial charge in [-0.05, 0) is 24.3 Å². The van der Waals surface area contributed by atoms with Crippen LogP contribution in [0, 0.1) is 0 Å². The first-order chi connectivity index (χ1) is 14.0. The summed E-state index contributed by atoms with van der Waals surface area (Å²) < 4.78 is 0. The first-order valence-corrected chi connectivity index (χ1v) is 10.8. The molecule has 2 saturated heterocycles. The summed E-state index contributed by atoms with van der Waals surface area (Å²) >= 11 is 1.56. The van der Waals surface area contributed by atoms with Crippen molar-refractivity contribution in [1.29, 1.82) is 0 Å². The van der Waals surface area contributed by atoms with Crippen molar-refractivity contribution < 1.29 is 19.2 Å². The highest BCUT2D eigenvalue weighted by molar-refractivity contribution is 7.09. The van der Waals surface area contributed by atoms with Gasteiger partial charge in [-0.2, -0.15) is 0 Å². The summed E-state index contributed by atoms with van der Waals surface area (Å²) in [5.74, 6) is -1.45. The molecule has 3 fully saturated rings. The summed E-state index contributed by atoms with van der Waals surface area (Å²) in [7, 11) is 0. The Morgan fingerprint density at radius 2 is 1.72 bits per heavy atom. The number of urea groups is 1. The number of carbonyl (C=O) groups is 4. The molecule has 1 aliphatic carbocycles. The van der Waals surface area contributed by atoms with Crippen LogP contribution in [0.3, 0.4) is 0 Å². The normalized spacial score (nSPS) is 21.3. The fourth-order valence-electron chi connectivity index (χ4n) is 3.54. The van der Waals surface area contributed by atoms with E-state index in [0.29, 0.717) is 45.2 Å². The maximum atomic E-state index is 12.6. The zero-order valence-corrected chi connectivity index (χ0v) is 17.0. The number of carbonyl (C=O) groups excluding carboxylic acids is 4. The standard InChI is InChI=1S/C19H25N5O4S/c25-16(20-14-3-4-14)12-21-7-9-22(10-8-21)13-24-18(27)17(26)23(19(24)28)6-5-15-2-1-11-29-15/h1-2,11,14H,3-10,12-13H2,(H,20,25).